The van der Waals surface area contributed by atoms with Crippen LogP contribution in [-0.2, 0) is 33.4 Å². The topological polar surface area (TPSA) is 99.3 Å². The first kappa shape index (κ1) is 18.8. The molecule has 1 saturated heterocycles. The summed E-state index contributed by atoms with van der Waals surface area (Å²) in [6.07, 6.45) is 5.09. The van der Waals surface area contributed by atoms with E-state index < -0.39 is 40.8 Å². The first-order valence-corrected chi connectivity index (χ1v) is 7.77. The molecule has 2 rings (SSSR count). The van der Waals surface area contributed by atoms with Crippen LogP contribution in [0.1, 0.15) is 34.6 Å². The van der Waals surface area contributed by atoms with Gasteiger partial charge in [-0.25, -0.2) is 0 Å². The molecule has 0 N–H and O–H groups in total. The second kappa shape index (κ2) is 6.40. The highest BCUT2D eigenvalue weighted by Gasteiger charge is 2.78. The van der Waals surface area contributed by atoms with Crippen molar-refractivity contribution in [2.45, 2.75) is 51.9 Å². The van der Waals surface area contributed by atoms with Crippen molar-refractivity contribution in [2.24, 2.45) is 0 Å². The summed E-state index contributed by atoms with van der Waals surface area (Å²) in [6.45, 7) is 6.91. The maximum absolute atomic E-state index is 12.7. The van der Waals surface area contributed by atoms with Gasteiger partial charge in [0.15, 0.2) is 17.6 Å². The average molecular weight is 348 g/mol. The number of hydrogen-bond donors (Lipinski definition) is 0. The van der Waals surface area contributed by atoms with E-state index in [1.54, 1.807) is 19.1 Å². The van der Waals surface area contributed by atoms with Crippen molar-refractivity contribution in [3.63, 3.8) is 0 Å². The maximum Gasteiger partial charge on any atom is 0.307 e. The van der Waals surface area contributed by atoms with Crippen molar-refractivity contribution in [1.82, 2.24) is 0 Å². The number of allylic oxidation sites excluding steroid dienone is 3. The molecule has 0 unspecified atom stereocenters. The van der Waals surface area contributed by atoms with Crippen LogP contribution in [0.2, 0.25) is 0 Å². The Morgan fingerprint density at radius 2 is 1.80 bits per heavy atom. The second-order valence-corrected chi connectivity index (χ2v) is 6.06. The lowest BCUT2D eigenvalue weighted by Gasteiger charge is -2.32. The fourth-order valence-corrected chi connectivity index (χ4v) is 3.07. The van der Waals surface area contributed by atoms with Crippen molar-refractivity contribution in [1.29, 1.82) is 0 Å². The van der Waals surface area contributed by atoms with E-state index >= 15 is 0 Å². The van der Waals surface area contributed by atoms with E-state index in [9.17, 15) is 19.2 Å². The van der Waals surface area contributed by atoms with Gasteiger partial charge >= 0.3 is 11.9 Å². The number of carbonyl (C=O) groups is 4. The Kier molecular flexibility index (Phi) is 4.81. The number of hydrogen-bond acceptors (Lipinski definition) is 7. The molecule has 1 heterocycles. The van der Waals surface area contributed by atoms with Gasteiger partial charge in [-0.2, -0.15) is 0 Å². The average Bonchev–Trinajstić information content (AvgIpc) is 3.27. The van der Waals surface area contributed by atoms with Crippen molar-refractivity contribution in [2.75, 3.05) is 0 Å². The van der Waals surface area contributed by atoms with Gasteiger partial charge in [-0.1, -0.05) is 18.2 Å². The number of carbonyl (C=O) groups excluding carboxylic acids is 4. The lowest BCUT2D eigenvalue weighted by atomic mass is 9.76. The molecule has 2 aliphatic rings. The van der Waals surface area contributed by atoms with Gasteiger partial charge in [0.05, 0.1) is 0 Å². The lowest BCUT2D eigenvalue weighted by molar-refractivity contribution is -0.165. The molecule has 0 bridgehead atoms. The molecule has 1 aliphatic heterocycles. The minimum absolute atomic E-state index is 0.0143. The summed E-state index contributed by atoms with van der Waals surface area (Å²) in [5.74, 6) is -2.58. The summed E-state index contributed by atoms with van der Waals surface area (Å²) >= 11 is 0. The number of rotatable bonds is 5. The first-order chi connectivity index (χ1) is 11.6. The number of ether oxygens (including phenoxy) is 3. The molecule has 0 aromatic heterocycles. The molecule has 0 spiro atoms. The maximum atomic E-state index is 12.7. The third-order valence-corrected chi connectivity index (χ3v) is 4.10. The Labute approximate surface area is 145 Å². The summed E-state index contributed by atoms with van der Waals surface area (Å²) in [6, 6.07) is 0. The molecular weight excluding hydrogens is 328 g/mol. The standard InChI is InChI=1S/C18H20O7/c1-6-7-8-9-13(21)18-15(23-11(3)19)10(2)14(22)17(5,16(18)25-18)24-12(4)20/h6-9,16H,1-5H3/b7-6+,9-8+/t16-,17-,18+/m1/s1. The summed E-state index contributed by atoms with van der Waals surface area (Å²) in [5.41, 5.74) is -3.30. The van der Waals surface area contributed by atoms with E-state index in [0.29, 0.717) is 0 Å². The molecule has 7 nitrogen and oxygen atoms in total. The van der Waals surface area contributed by atoms with Gasteiger partial charge in [-0.3, -0.25) is 19.2 Å². The highest BCUT2D eigenvalue weighted by atomic mass is 16.7. The largest absolute Gasteiger partial charge is 0.448 e. The predicted octanol–water partition coefficient (Wildman–Crippen LogP) is 1.57. The highest BCUT2D eigenvalue weighted by molar-refractivity contribution is 6.12. The number of Topliss-reactive ketones (excluding diaryl/α,β-unsaturated/α-hetero) is 1. The fraction of sp³-hybridized carbons (Fsp3) is 0.444. The zero-order chi connectivity index (χ0) is 19.0. The zero-order valence-electron chi connectivity index (χ0n) is 14.7. The van der Waals surface area contributed by atoms with Crippen LogP contribution in [0.25, 0.3) is 0 Å². The SMILES string of the molecule is C/C=C/C=C/C(=O)[C@@]12O[C@@H]1[C@](C)(OC(C)=O)C(=O)C(C)=C2OC(C)=O. The number of epoxide rings is 1. The van der Waals surface area contributed by atoms with Crippen molar-refractivity contribution in [3.8, 4) is 0 Å². The minimum atomic E-state index is -1.66. The van der Waals surface area contributed by atoms with Crippen molar-refractivity contribution >= 4 is 23.5 Å². The molecule has 0 aromatic rings. The van der Waals surface area contributed by atoms with Crippen molar-refractivity contribution in [3.05, 3.63) is 35.6 Å². The van der Waals surface area contributed by atoms with Crippen LogP contribution in [0.3, 0.4) is 0 Å². The molecule has 3 atom stereocenters. The Hall–Kier alpha value is -2.54. The number of esters is 2. The lowest BCUT2D eigenvalue weighted by Crippen LogP contribution is -2.54. The molecule has 1 fully saturated rings. The molecular formula is C18H20O7. The molecule has 134 valence electrons. The van der Waals surface area contributed by atoms with E-state index in [2.05, 4.69) is 0 Å². The normalized spacial score (nSPS) is 31.2. The van der Waals surface area contributed by atoms with Gasteiger partial charge in [0.2, 0.25) is 17.0 Å². The van der Waals surface area contributed by atoms with E-state index in [1.165, 1.54) is 26.0 Å². The van der Waals surface area contributed by atoms with E-state index in [4.69, 9.17) is 14.2 Å². The van der Waals surface area contributed by atoms with E-state index in [0.717, 1.165) is 13.8 Å². The summed E-state index contributed by atoms with van der Waals surface area (Å²) in [5, 5.41) is 0. The smallest absolute Gasteiger partial charge is 0.307 e. The van der Waals surface area contributed by atoms with Crippen LogP contribution in [0, 0.1) is 0 Å². The molecule has 0 amide bonds. The van der Waals surface area contributed by atoms with Gasteiger partial charge in [-0.15, -0.1) is 0 Å². The minimum Gasteiger partial charge on any atom is -0.448 e. The Morgan fingerprint density at radius 3 is 2.32 bits per heavy atom. The Bertz CT molecular complexity index is 743. The van der Waals surface area contributed by atoms with Gasteiger partial charge in [0, 0.05) is 19.4 Å². The molecule has 1 aliphatic carbocycles. The summed E-state index contributed by atoms with van der Waals surface area (Å²) < 4.78 is 15.9. The van der Waals surface area contributed by atoms with Gasteiger partial charge in [0.1, 0.15) is 0 Å². The van der Waals surface area contributed by atoms with Crippen LogP contribution in [0.5, 0.6) is 0 Å². The molecule has 0 radical (unpaired) electrons. The van der Waals surface area contributed by atoms with E-state index in [1.807, 2.05) is 0 Å². The monoisotopic (exact) mass is 348 g/mol. The van der Waals surface area contributed by atoms with Gasteiger partial charge < -0.3 is 14.2 Å². The quantitative estimate of drug-likeness (QED) is 0.322. The summed E-state index contributed by atoms with van der Waals surface area (Å²) in [4.78, 5) is 48.3. The fourth-order valence-electron chi connectivity index (χ4n) is 3.07. The van der Waals surface area contributed by atoms with Gasteiger partial charge in [-0.05, 0) is 26.8 Å². The van der Waals surface area contributed by atoms with Crippen LogP contribution in [-0.4, -0.2) is 40.8 Å². The van der Waals surface area contributed by atoms with Crippen LogP contribution >= 0.6 is 0 Å². The van der Waals surface area contributed by atoms with E-state index in [-0.39, 0.29) is 11.3 Å². The third-order valence-electron chi connectivity index (χ3n) is 4.10. The molecule has 0 aromatic carbocycles. The van der Waals surface area contributed by atoms with Gasteiger partial charge in [0.25, 0.3) is 0 Å². The molecule has 7 heteroatoms. The van der Waals surface area contributed by atoms with Crippen LogP contribution < -0.4 is 0 Å². The molecule has 25 heavy (non-hydrogen) atoms. The first-order valence-electron chi connectivity index (χ1n) is 7.77. The predicted molar refractivity (Wildman–Crippen MR) is 86.2 cm³/mol. The third kappa shape index (κ3) is 2.95. The Morgan fingerprint density at radius 1 is 1.16 bits per heavy atom. The number of ketones is 2. The van der Waals surface area contributed by atoms with Crippen molar-refractivity contribution < 1.29 is 33.4 Å². The molecule has 0 saturated carbocycles. The second-order valence-electron chi connectivity index (χ2n) is 6.06. The van der Waals surface area contributed by atoms with Crippen LogP contribution in [0.4, 0.5) is 0 Å². The Balaban J connectivity index is 2.57. The number of fused-ring (bicyclic) bond motifs is 1. The van der Waals surface area contributed by atoms with Crippen LogP contribution in [0.15, 0.2) is 35.6 Å². The zero-order valence-corrected chi connectivity index (χ0v) is 14.7. The summed E-state index contributed by atoms with van der Waals surface area (Å²) in [7, 11) is 0. The highest BCUT2D eigenvalue weighted by Crippen LogP contribution is 2.56.